The van der Waals surface area contributed by atoms with Gasteiger partial charge in [-0.05, 0) is 147 Å². The summed E-state index contributed by atoms with van der Waals surface area (Å²) >= 11 is 0. The Morgan fingerprint density at radius 2 is 0.738 bits per heavy atom. The van der Waals surface area contributed by atoms with Gasteiger partial charge >= 0.3 is 0 Å². The molecule has 0 unspecified atom stereocenters. The van der Waals surface area contributed by atoms with E-state index >= 15 is 0 Å². The van der Waals surface area contributed by atoms with Gasteiger partial charge in [0.25, 0.3) is 0 Å². The van der Waals surface area contributed by atoms with Gasteiger partial charge < -0.3 is 14.2 Å². The Morgan fingerprint density at radius 1 is 0.338 bits per heavy atom. The number of nitrogens with one attached hydrogen (secondary N) is 2. The van der Waals surface area contributed by atoms with Crippen LogP contribution in [0.2, 0.25) is 0 Å². The number of nitrogens with zero attached hydrogens (tertiary/aromatic N) is 2. The number of benzene rings is 10. The van der Waals surface area contributed by atoms with Crippen molar-refractivity contribution in [1.29, 1.82) is 10.8 Å². The molecule has 0 amide bonds. The lowest BCUT2D eigenvalue weighted by atomic mass is 9.97. The minimum Gasteiger partial charge on any atom is -0.421 e. The van der Waals surface area contributed by atoms with E-state index in [1.807, 2.05) is 60.7 Å². The molecule has 10 aromatic carbocycles. The number of aromatic nitrogens is 1. The molecule has 0 saturated heterocycles. The monoisotopic (exact) mass is 834 g/mol. The Hall–Kier alpha value is -8.80. The van der Waals surface area contributed by atoms with Gasteiger partial charge in [-0.1, -0.05) is 140 Å². The molecular weight excluding hydrogens is 793 g/mol. The lowest BCUT2D eigenvalue weighted by Gasteiger charge is -2.26. The maximum absolute atomic E-state index is 8.59. The van der Waals surface area contributed by atoms with Crippen molar-refractivity contribution in [2.24, 2.45) is 0 Å². The lowest BCUT2D eigenvalue weighted by Crippen LogP contribution is -2.13. The second-order valence-electron chi connectivity index (χ2n) is 16.2. The van der Waals surface area contributed by atoms with Crippen molar-refractivity contribution in [2.75, 3.05) is 4.90 Å². The molecule has 0 spiro atoms. The third kappa shape index (κ3) is 7.62. The summed E-state index contributed by atoms with van der Waals surface area (Å²) in [6.07, 6.45) is 0. The first-order valence-electron chi connectivity index (χ1n) is 21.7. The molecular formula is C60H42N4O. The fourth-order valence-corrected chi connectivity index (χ4v) is 8.86. The number of ether oxygens (including phenoxy) is 1. The highest BCUT2D eigenvalue weighted by molar-refractivity contribution is 6.12. The molecule has 308 valence electrons. The van der Waals surface area contributed by atoms with Gasteiger partial charge in [-0.3, -0.25) is 10.8 Å². The van der Waals surface area contributed by atoms with E-state index in [-0.39, 0.29) is 11.8 Å². The topological polar surface area (TPSA) is 65.1 Å². The van der Waals surface area contributed by atoms with Crippen LogP contribution in [0.25, 0.3) is 71.6 Å². The molecule has 0 aliphatic rings. The first-order valence-corrected chi connectivity index (χ1v) is 21.7. The highest BCUT2D eigenvalue weighted by Gasteiger charge is 2.17. The van der Waals surface area contributed by atoms with Gasteiger partial charge in [0.05, 0.1) is 11.0 Å². The second kappa shape index (κ2) is 16.8. The minimum atomic E-state index is -0.0763. The highest BCUT2D eigenvalue weighted by Crippen LogP contribution is 2.40. The Bertz CT molecular complexity index is 3510. The van der Waals surface area contributed by atoms with Crippen molar-refractivity contribution in [1.82, 2.24) is 4.57 Å². The Kier molecular flexibility index (Phi) is 10.1. The van der Waals surface area contributed by atoms with Gasteiger partial charge in [-0.2, -0.15) is 0 Å². The average Bonchev–Trinajstić information content (AvgIpc) is 3.70. The van der Waals surface area contributed by atoms with E-state index in [4.69, 9.17) is 15.6 Å². The molecule has 2 N–H and O–H groups in total. The van der Waals surface area contributed by atoms with E-state index in [9.17, 15) is 0 Å². The molecule has 5 heteroatoms. The fraction of sp³-hybridized carbons (Fsp3) is 0. The van der Waals surface area contributed by atoms with Crippen molar-refractivity contribution in [3.8, 4) is 39.1 Å². The molecule has 11 aromatic rings. The number of hydrogen-bond donors (Lipinski definition) is 2. The molecule has 0 bridgehead atoms. The number of fused-ring (bicyclic) bond motifs is 4. The molecule has 1 heterocycles. The van der Waals surface area contributed by atoms with Crippen LogP contribution in [-0.2, 0) is 4.74 Å². The summed E-state index contributed by atoms with van der Waals surface area (Å²) in [5.74, 6) is -0.136. The van der Waals surface area contributed by atoms with Gasteiger partial charge in [0.2, 0.25) is 11.8 Å². The van der Waals surface area contributed by atoms with Crippen molar-refractivity contribution < 1.29 is 4.74 Å². The zero-order chi connectivity index (χ0) is 43.7. The van der Waals surface area contributed by atoms with E-state index < -0.39 is 0 Å². The normalized spacial score (nSPS) is 11.2. The summed E-state index contributed by atoms with van der Waals surface area (Å²) in [6, 6.07) is 84.3. The molecule has 11 rings (SSSR count). The van der Waals surface area contributed by atoms with E-state index in [0.717, 1.165) is 44.9 Å². The van der Waals surface area contributed by atoms with Gasteiger partial charge in [0.1, 0.15) is 0 Å². The van der Waals surface area contributed by atoms with E-state index in [2.05, 4.69) is 179 Å². The first kappa shape index (κ1) is 39.1. The highest BCUT2D eigenvalue weighted by atomic mass is 16.5. The Labute approximate surface area is 377 Å². The molecule has 0 saturated carbocycles. The van der Waals surface area contributed by atoms with Crippen LogP contribution in [-0.4, -0.2) is 16.4 Å². The summed E-state index contributed by atoms with van der Waals surface area (Å²) in [5.41, 5.74) is 14.6. The summed E-state index contributed by atoms with van der Waals surface area (Å²) in [7, 11) is 0. The quantitative estimate of drug-likeness (QED) is 0.112. The molecule has 0 atom stereocenters. The predicted octanol–water partition coefficient (Wildman–Crippen LogP) is 15.8. The molecule has 0 aliphatic carbocycles. The average molecular weight is 835 g/mol. The van der Waals surface area contributed by atoms with Crippen molar-refractivity contribution in [3.05, 3.63) is 254 Å². The van der Waals surface area contributed by atoms with Crippen molar-refractivity contribution in [2.45, 2.75) is 0 Å². The lowest BCUT2D eigenvalue weighted by molar-refractivity contribution is 0.538. The number of anilines is 3. The van der Waals surface area contributed by atoms with Gasteiger partial charge in [-0.25, -0.2) is 0 Å². The van der Waals surface area contributed by atoms with Crippen molar-refractivity contribution in [3.63, 3.8) is 0 Å². The molecule has 65 heavy (non-hydrogen) atoms. The fourth-order valence-electron chi connectivity index (χ4n) is 8.86. The summed E-state index contributed by atoms with van der Waals surface area (Å²) in [5, 5.41) is 21.8. The summed E-state index contributed by atoms with van der Waals surface area (Å²) in [6.45, 7) is 0. The third-order valence-electron chi connectivity index (χ3n) is 12.2. The molecule has 0 fully saturated rings. The van der Waals surface area contributed by atoms with E-state index in [1.165, 1.54) is 43.8 Å². The minimum absolute atomic E-state index is 0.0596. The standard InChI is InChI=1S/C60H42N4O/c61-59(45-13-4-1-5-14-45)65-60(62)46-28-34-54(35-29-46)63(51-16-6-2-7-17-51)53-32-26-44(27-33-53)50-31-37-58-56(40-50)55-39-49(30-36-57(55)64(58)52-18-8-3-9-19-52)43-22-20-42(21-23-43)48-25-24-41-12-10-11-15-47(41)38-48/h1-40,61-62H. The van der Waals surface area contributed by atoms with Crippen LogP contribution in [0.15, 0.2) is 243 Å². The van der Waals surface area contributed by atoms with Crippen LogP contribution in [0.3, 0.4) is 0 Å². The molecule has 5 nitrogen and oxygen atoms in total. The van der Waals surface area contributed by atoms with Crippen LogP contribution in [0.4, 0.5) is 17.1 Å². The first-order chi connectivity index (χ1) is 32.0. The predicted molar refractivity (Wildman–Crippen MR) is 270 cm³/mol. The zero-order valence-corrected chi connectivity index (χ0v) is 35.4. The largest absolute Gasteiger partial charge is 0.421 e. The number of hydrogen-bond acceptors (Lipinski definition) is 4. The van der Waals surface area contributed by atoms with Crippen LogP contribution in [0, 0.1) is 10.8 Å². The van der Waals surface area contributed by atoms with Gasteiger partial charge in [0.15, 0.2) is 0 Å². The van der Waals surface area contributed by atoms with Crippen LogP contribution in [0.5, 0.6) is 0 Å². The smallest absolute Gasteiger partial charge is 0.221 e. The van der Waals surface area contributed by atoms with Crippen LogP contribution in [0.1, 0.15) is 11.1 Å². The molecule has 0 aliphatic heterocycles. The van der Waals surface area contributed by atoms with E-state index in [0.29, 0.717) is 11.1 Å². The number of para-hydroxylation sites is 2. The maximum Gasteiger partial charge on any atom is 0.221 e. The van der Waals surface area contributed by atoms with Crippen LogP contribution >= 0.6 is 0 Å². The van der Waals surface area contributed by atoms with Gasteiger partial charge in [-0.15, -0.1) is 0 Å². The Morgan fingerprint density at radius 3 is 1.31 bits per heavy atom. The van der Waals surface area contributed by atoms with E-state index in [1.54, 1.807) is 12.1 Å². The molecule has 0 radical (unpaired) electrons. The summed E-state index contributed by atoms with van der Waals surface area (Å²) < 4.78 is 8.00. The van der Waals surface area contributed by atoms with Crippen LogP contribution < -0.4 is 4.90 Å². The SMILES string of the molecule is N=C(OC(=N)c1ccc(N(c2ccccc2)c2ccc(-c3ccc4c(c3)c3cc(-c5ccc(-c6ccc7ccccc7c6)cc5)ccc3n4-c3ccccc3)cc2)cc1)c1ccccc1. The van der Waals surface area contributed by atoms with Gasteiger partial charge in [0, 0.05) is 44.6 Å². The Balaban J connectivity index is 0.922. The maximum atomic E-state index is 8.59. The second-order valence-corrected chi connectivity index (χ2v) is 16.2. The third-order valence-corrected chi connectivity index (χ3v) is 12.2. The zero-order valence-electron chi connectivity index (χ0n) is 35.4. The number of rotatable bonds is 9. The summed E-state index contributed by atoms with van der Waals surface area (Å²) in [4.78, 5) is 2.20. The molecule has 1 aromatic heterocycles. The van der Waals surface area contributed by atoms with Crippen molar-refractivity contribution >= 4 is 61.4 Å².